The van der Waals surface area contributed by atoms with Gasteiger partial charge < -0.3 is 0 Å². The molecule has 0 unspecified atom stereocenters. The fourth-order valence-electron chi connectivity index (χ4n) is 3.39. The quantitative estimate of drug-likeness (QED) is 0.492. The van der Waals surface area contributed by atoms with E-state index in [1.165, 1.54) is 12.8 Å². The van der Waals surface area contributed by atoms with Crippen LogP contribution in [0.5, 0.6) is 0 Å². The summed E-state index contributed by atoms with van der Waals surface area (Å²) in [7, 11) is -1.38. The van der Waals surface area contributed by atoms with Gasteiger partial charge in [0.1, 0.15) is 0 Å². The third-order valence-electron chi connectivity index (χ3n) is 4.40. The molecule has 100 valence electrons. The van der Waals surface area contributed by atoms with Crippen LogP contribution in [0.3, 0.4) is 0 Å². The van der Waals surface area contributed by atoms with Crippen molar-refractivity contribution in [2.75, 3.05) is 0 Å². The van der Waals surface area contributed by atoms with E-state index in [1.807, 2.05) is 4.92 Å². The predicted molar refractivity (Wildman–Crippen MR) is 93.9 cm³/mol. The summed E-state index contributed by atoms with van der Waals surface area (Å²) in [6.07, 6.45) is 2.96. The highest BCUT2D eigenvalue weighted by molar-refractivity contribution is 7.59. The Morgan fingerprint density at radius 2 is 1.24 bits per heavy atom. The zero-order valence-corrected chi connectivity index (χ0v) is 17.3. The Morgan fingerprint density at radius 1 is 0.824 bits per heavy atom. The topological polar surface area (TPSA) is 0 Å². The zero-order valence-electron chi connectivity index (χ0n) is 13.4. The summed E-state index contributed by atoms with van der Waals surface area (Å²) in [6, 6.07) is 0. The Balaban J connectivity index is 3.29. The fraction of sp³-hybridized carbons (Fsp3) is 0.923. The Morgan fingerprint density at radius 3 is 1.41 bits per heavy atom. The first-order valence-corrected chi connectivity index (χ1v) is 18.3. The third-order valence-corrected chi connectivity index (χ3v) is 24.5. The molecule has 0 aliphatic carbocycles. The summed E-state index contributed by atoms with van der Waals surface area (Å²) in [5.74, 6) is 0. The molecule has 0 spiro atoms. The highest BCUT2D eigenvalue weighted by Crippen LogP contribution is 2.51. The lowest BCUT2D eigenvalue weighted by Crippen LogP contribution is -2.61. The van der Waals surface area contributed by atoms with Gasteiger partial charge in [-0.2, -0.15) is 0 Å². The maximum atomic E-state index is 2.62. The van der Waals surface area contributed by atoms with E-state index in [4.69, 9.17) is 0 Å². The van der Waals surface area contributed by atoms with E-state index in [2.05, 4.69) is 58.9 Å². The van der Waals surface area contributed by atoms with Crippen molar-refractivity contribution in [3.8, 4) is 0 Å². The van der Waals surface area contributed by atoms with Crippen LogP contribution in [0.1, 0.15) is 12.8 Å². The van der Waals surface area contributed by atoms with Crippen molar-refractivity contribution in [3.63, 3.8) is 0 Å². The molecule has 0 aromatic heterocycles. The highest BCUT2D eigenvalue weighted by Gasteiger charge is 2.54. The van der Waals surface area contributed by atoms with Gasteiger partial charge in [0.25, 0.3) is 0 Å². The van der Waals surface area contributed by atoms with E-state index in [0.29, 0.717) is 0 Å². The van der Waals surface area contributed by atoms with Gasteiger partial charge in [0.2, 0.25) is 0 Å². The van der Waals surface area contributed by atoms with Crippen LogP contribution in [-0.4, -0.2) is 33.5 Å². The molecule has 0 aromatic rings. The maximum absolute atomic E-state index is 2.62. The van der Waals surface area contributed by atoms with Gasteiger partial charge >= 0.3 is 0 Å². The van der Waals surface area contributed by atoms with Gasteiger partial charge in [-0.3, -0.25) is 0 Å². The second kappa shape index (κ2) is 4.43. The van der Waals surface area contributed by atoms with Crippen molar-refractivity contribution >= 4 is 37.3 Å². The molecular formula is C13H31PSi3. The SMILES string of the molecule is C[Si](C)(C)C1=PC([Si](C)(C)C)([Si](C)(C)C)CC1. The minimum atomic E-state index is -1.08. The molecule has 17 heavy (non-hydrogen) atoms. The molecule has 0 N–H and O–H groups in total. The highest BCUT2D eigenvalue weighted by atomic mass is 31.1. The summed E-state index contributed by atoms with van der Waals surface area (Å²) >= 11 is 0. The number of rotatable bonds is 3. The Labute approximate surface area is 113 Å². The first kappa shape index (κ1) is 15.9. The average Bonchev–Trinajstić information content (AvgIpc) is 2.43. The van der Waals surface area contributed by atoms with Gasteiger partial charge in [-0.15, -0.1) is 8.20 Å². The van der Waals surface area contributed by atoms with Crippen molar-refractivity contribution in [3.05, 3.63) is 0 Å². The van der Waals surface area contributed by atoms with E-state index in [0.717, 1.165) is 4.40 Å². The zero-order chi connectivity index (χ0) is 13.7. The summed E-state index contributed by atoms with van der Waals surface area (Å²) in [6.45, 7) is 23.3. The molecule has 1 aliphatic rings. The molecule has 0 nitrogen and oxygen atoms in total. The van der Waals surface area contributed by atoms with Crippen LogP contribution in [0.2, 0.25) is 58.9 Å². The van der Waals surface area contributed by atoms with Crippen molar-refractivity contribution < 1.29 is 0 Å². The van der Waals surface area contributed by atoms with Crippen molar-refractivity contribution in [1.29, 1.82) is 0 Å². The smallest absolute Gasteiger partial charge is 0.0778 e. The van der Waals surface area contributed by atoms with Crippen LogP contribution in [0.25, 0.3) is 0 Å². The molecule has 0 saturated heterocycles. The Bertz CT molecular complexity index is 312. The van der Waals surface area contributed by atoms with E-state index >= 15 is 0 Å². The van der Waals surface area contributed by atoms with E-state index in [1.54, 1.807) is 8.20 Å². The lowest BCUT2D eigenvalue weighted by molar-refractivity contribution is 0.875. The summed E-state index contributed by atoms with van der Waals surface area (Å²) in [5.41, 5.74) is 0. The van der Waals surface area contributed by atoms with Crippen LogP contribution < -0.4 is 0 Å². The standard InChI is InChI=1S/C13H31PSi3/c1-15(2,3)12-10-11-13(14-12,16(4,5)6)17(7,8)9/h10-11H2,1-9H3. The maximum Gasteiger partial charge on any atom is 0.0778 e. The second-order valence-corrected chi connectivity index (χ2v) is 27.8. The fourth-order valence-corrected chi connectivity index (χ4v) is 22.0. The van der Waals surface area contributed by atoms with E-state index < -0.39 is 24.2 Å². The number of hydrogen-bond donors (Lipinski definition) is 0. The minimum absolute atomic E-state index is 0.746. The molecule has 4 heteroatoms. The lowest BCUT2D eigenvalue weighted by Gasteiger charge is -2.48. The molecule has 0 aromatic carbocycles. The van der Waals surface area contributed by atoms with Gasteiger partial charge in [0.15, 0.2) is 0 Å². The van der Waals surface area contributed by atoms with Crippen LogP contribution in [0.4, 0.5) is 0 Å². The second-order valence-electron chi connectivity index (χ2n) is 8.67. The van der Waals surface area contributed by atoms with Crippen molar-refractivity contribution in [2.24, 2.45) is 0 Å². The molecule has 0 radical (unpaired) electrons. The molecule has 0 atom stereocenters. The lowest BCUT2D eigenvalue weighted by atomic mass is 10.4. The molecule has 1 rings (SSSR count). The molecule has 0 amide bonds. The average molecular weight is 303 g/mol. The van der Waals surface area contributed by atoms with Crippen LogP contribution >= 0.6 is 8.20 Å². The first-order chi connectivity index (χ1) is 7.31. The van der Waals surface area contributed by atoms with Gasteiger partial charge in [0.05, 0.1) is 24.2 Å². The molecular weight excluding hydrogens is 271 g/mol. The molecule has 1 aliphatic heterocycles. The number of hydrogen-bond acceptors (Lipinski definition) is 0. The van der Waals surface area contributed by atoms with Crippen molar-refractivity contribution in [1.82, 2.24) is 0 Å². The van der Waals surface area contributed by atoms with Gasteiger partial charge in [-0.25, -0.2) is 0 Å². The summed E-state index contributed by atoms with van der Waals surface area (Å²) in [5, 5.41) is 0. The van der Waals surface area contributed by atoms with Gasteiger partial charge in [-0.05, 0) is 12.8 Å². The normalized spacial score (nSPS) is 22.5. The van der Waals surface area contributed by atoms with Crippen LogP contribution in [0.15, 0.2) is 0 Å². The van der Waals surface area contributed by atoms with E-state index in [-0.39, 0.29) is 0 Å². The first-order valence-electron chi connectivity index (χ1n) is 6.90. The van der Waals surface area contributed by atoms with Crippen molar-refractivity contribution in [2.45, 2.75) is 76.2 Å². The summed E-state index contributed by atoms with van der Waals surface area (Å²) < 4.78 is 0.746. The predicted octanol–water partition coefficient (Wildman–Crippen LogP) is 5.27. The van der Waals surface area contributed by atoms with Crippen LogP contribution in [0, 0.1) is 0 Å². The van der Waals surface area contributed by atoms with Gasteiger partial charge in [-0.1, -0.05) is 63.8 Å². The third kappa shape index (κ3) is 2.88. The minimum Gasteiger partial charge on any atom is -0.109 e. The molecule has 0 fully saturated rings. The van der Waals surface area contributed by atoms with E-state index in [9.17, 15) is 0 Å². The Kier molecular flexibility index (Phi) is 4.14. The van der Waals surface area contributed by atoms with Crippen LogP contribution in [-0.2, 0) is 0 Å². The largest absolute Gasteiger partial charge is 0.109 e. The molecule has 0 bridgehead atoms. The van der Waals surface area contributed by atoms with Gasteiger partial charge in [0, 0.05) is 4.40 Å². The Hall–Kier alpha value is 0.821. The monoisotopic (exact) mass is 302 g/mol. The summed E-state index contributed by atoms with van der Waals surface area (Å²) in [4.78, 5) is 1.96. The molecule has 0 saturated carbocycles. The molecule has 1 heterocycles.